The Morgan fingerprint density at radius 2 is 2.05 bits per heavy atom. The highest BCUT2D eigenvalue weighted by atomic mass is 16.1. The van der Waals surface area contributed by atoms with Crippen molar-refractivity contribution in [2.45, 2.75) is 72.6 Å². The molecular formula is C20H32O. The molecule has 2 rings (SSSR count). The van der Waals surface area contributed by atoms with Crippen molar-refractivity contribution in [2.75, 3.05) is 0 Å². The second-order valence-corrected chi connectivity index (χ2v) is 8.34. The predicted molar refractivity (Wildman–Crippen MR) is 90.1 cm³/mol. The summed E-state index contributed by atoms with van der Waals surface area (Å²) in [4.78, 5) is 10.6. The molecule has 0 saturated heterocycles. The van der Waals surface area contributed by atoms with Gasteiger partial charge in [0, 0.05) is 0 Å². The Labute approximate surface area is 130 Å². The van der Waals surface area contributed by atoms with Crippen LogP contribution in [0.3, 0.4) is 0 Å². The molecule has 1 nitrogen and oxygen atoms in total. The first-order valence-corrected chi connectivity index (χ1v) is 8.60. The third-order valence-corrected chi connectivity index (χ3v) is 6.50. The molecule has 2 saturated carbocycles. The molecule has 1 unspecified atom stereocenters. The minimum Gasteiger partial charge on any atom is -0.299 e. The van der Waals surface area contributed by atoms with Crippen molar-refractivity contribution in [1.82, 2.24) is 0 Å². The van der Waals surface area contributed by atoms with E-state index < -0.39 is 0 Å². The first-order valence-electron chi connectivity index (χ1n) is 8.60. The maximum atomic E-state index is 10.6. The number of aldehydes is 1. The lowest BCUT2D eigenvalue weighted by molar-refractivity contribution is -0.104. The van der Waals surface area contributed by atoms with Gasteiger partial charge in [-0.1, -0.05) is 44.9 Å². The smallest absolute Gasteiger partial charge is 0.142 e. The van der Waals surface area contributed by atoms with Crippen LogP contribution in [0, 0.1) is 22.7 Å². The zero-order chi connectivity index (χ0) is 15.7. The quantitative estimate of drug-likeness (QED) is 0.368. The third-order valence-electron chi connectivity index (χ3n) is 6.50. The largest absolute Gasteiger partial charge is 0.299 e. The van der Waals surface area contributed by atoms with E-state index in [0.717, 1.165) is 25.0 Å². The molecule has 1 heteroatoms. The average Bonchev–Trinajstić information content (AvgIpc) is 2.37. The Balaban J connectivity index is 2.19. The fourth-order valence-corrected chi connectivity index (χ4v) is 5.38. The fraction of sp³-hybridized carbons (Fsp3) is 0.750. The number of carbonyl (C=O) groups excluding carboxylic acids is 1. The van der Waals surface area contributed by atoms with E-state index in [2.05, 4.69) is 34.3 Å². The van der Waals surface area contributed by atoms with Crippen LogP contribution in [0.5, 0.6) is 0 Å². The number of allylic oxidation sites excluding steroid dienone is 3. The van der Waals surface area contributed by atoms with Crippen LogP contribution in [0.4, 0.5) is 0 Å². The van der Waals surface area contributed by atoms with Crippen LogP contribution in [0.1, 0.15) is 72.6 Å². The van der Waals surface area contributed by atoms with Crippen LogP contribution in [0.25, 0.3) is 0 Å². The lowest BCUT2D eigenvalue weighted by Gasteiger charge is -2.58. The summed E-state index contributed by atoms with van der Waals surface area (Å²) in [6.07, 6.45) is 11.4. The van der Waals surface area contributed by atoms with E-state index in [-0.39, 0.29) is 0 Å². The van der Waals surface area contributed by atoms with E-state index >= 15 is 0 Å². The molecule has 21 heavy (non-hydrogen) atoms. The Hall–Kier alpha value is -0.850. The minimum atomic E-state index is 0.415. The van der Waals surface area contributed by atoms with Crippen LogP contribution < -0.4 is 0 Å². The fourth-order valence-electron chi connectivity index (χ4n) is 5.38. The summed E-state index contributed by atoms with van der Waals surface area (Å²) < 4.78 is 0. The Kier molecular flexibility index (Phi) is 4.80. The zero-order valence-electron chi connectivity index (χ0n) is 14.4. The normalized spacial score (nSPS) is 36.2. The number of hydrogen-bond donors (Lipinski definition) is 0. The van der Waals surface area contributed by atoms with Crippen molar-refractivity contribution in [3.63, 3.8) is 0 Å². The molecule has 0 radical (unpaired) electrons. The molecule has 0 aliphatic heterocycles. The molecule has 0 aromatic carbocycles. The Morgan fingerprint density at radius 3 is 2.71 bits per heavy atom. The molecule has 118 valence electrons. The van der Waals surface area contributed by atoms with Crippen LogP contribution in [0.15, 0.2) is 23.8 Å². The second kappa shape index (κ2) is 6.10. The lowest BCUT2D eigenvalue weighted by atomic mass is 9.47. The molecule has 0 heterocycles. The maximum Gasteiger partial charge on any atom is 0.142 e. The summed E-state index contributed by atoms with van der Waals surface area (Å²) in [6.45, 7) is 13.9. The predicted octanol–water partition coefficient (Wildman–Crippen LogP) is 5.71. The SMILES string of the molecule is C=C1CCC2C(C)(C)CCC[C@]2(C)[C@H]1CC/C(C)=C/C=O. The van der Waals surface area contributed by atoms with Gasteiger partial charge in [-0.25, -0.2) is 0 Å². The molecule has 3 atom stereocenters. The topological polar surface area (TPSA) is 17.1 Å². The summed E-state index contributed by atoms with van der Waals surface area (Å²) in [5, 5.41) is 0. The molecule has 2 aliphatic rings. The average molecular weight is 288 g/mol. The van der Waals surface area contributed by atoms with Gasteiger partial charge in [-0.3, -0.25) is 4.79 Å². The van der Waals surface area contributed by atoms with Crippen LogP contribution >= 0.6 is 0 Å². The van der Waals surface area contributed by atoms with Gasteiger partial charge in [0.1, 0.15) is 6.29 Å². The molecule has 0 amide bonds. The first kappa shape index (κ1) is 16.5. The maximum absolute atomic E-state index is 10.6. The van der Waals surface area contributed by atoms with E-state index in [0.29, 0.717) is 16.7 Å². The van der Waals surface area contributed by atoms with E-state index in [1.807, 2.05) is 0 Å². The summed E-state index contributed by atoms with van der Waals surface area (Å²) >= 11 is 0. The third kappa shape index (κ3) is 3.17. The number of fused-ring (bicyclic) bond motifs is 1. The summed E-state index contributed by atoms with van der Waals surface area (Å²) in [5.41, 5.74) is 3.56. The van der Waals surface area contributed by atoms with Gasteiger partial charge in [-0.05, 0) is 74.2 Å². The lowest BCUT2D eigenvalue weighted by Crippen LogP contribution is -2.49. The molecule has 0 aromatic heterocycles. The molecule has 2 fully saturated rings. The minimum absolute atomic E-state index is 0.415. The van der Waals surface area contributed by atoms with E-state index in [1.54, 1.807) is 6.08 Å². The van der Waals surface area contributed by atoms with E-state index in [9.17, 15) is 4.79 Å². The van der Waals surface area contributed by atoms with Crippen molar-refractivity contribution < 1.29 is 4.79 Å². The second-order valence-electron chi connectivity index (χ2n) is 8.34. The Bertz CT molecular complexity index is 443. The van der Waals surface area contributed by atoms with Gasteiger partial charge in [0.15, 0.2) is 0 Å². The summed E-state index contributed by atoms with van der Waals surface area (Å²) in [5.74, 6) is 1.45. The summed E-state index contributed by atoms with van der Waals surface area (Å²) in [7, 11) is 0. The van der Waals surface area contributed by atoms with Gasteiger partial charge in [-0.2, -0.15) is 0 Å². The number of rotatable bonds is 4. The van der Waals surface area contributed by atoms with Crippen molar-refractivity contribution in [2.24, 2.45) is 22.7 Å². The molecule has 2 aliphatic carbocycles. The molecule has 0 bridgehead atoms. The van der Waals surface area contributed by atoms with Gasteiger partial charge in [0.05, 0.1) is 0 Å². The molecular weight excluding hydrogens is 256 g/mol. The van der Waals surface area contributed by atoms with Crippen LogP contribution in [0.2, 0.25) is 0 Å². The van der Waals surface area contributed by atoms with E-state index in [1.165, 1.54) is 43.3 Å². The zero-order valence-corrected chi connectivity index (χ0v) is 14.4. The monoisotopic (exact) mass is 288 g/mol. The van der Waals surface area contributed by atoms with Gasteiger partial charge in [0.25, 0.3) is 0 Å². The highest BCUT2D eigenvalue weighted by Gasteiger charge is 2.52. The summed E-state index contributed by atoms with van der Waals surface area (Å²) in [6, 6.07) is 0. The van der Waals surface area contributed by atoms with Crippen LogP contribution in [-0.2, 0) is 4.79 Å². The first-order chi connectivity index (χ1) is 9.81. The van der Waals surface area contributed by atoms with Gasteiger partial charge >= 0.3 is 0 Å². The van der Waals surface area contributed by atoms with Crippen molar-refractivity contribution in [3.05, 3.63) is 23.8 Å². The van der Waals surface area contributed by atoms with Crippen molar-refractivity contribution >= 4 is 6.29 Å². The van der Waals surface area contributed by atoms with Crippen molar-refractivity contribution in [1.29, 1.82) is 0 Å². The molecule has 0 N–H and O–H groups in total. The molecule has 0 spiro atoms. The van der Waals surface area contributed by atoms with Gasteiger partial charge in [0.2, 0.25) is 0 Å². The Morgan fingerprint density at radius 1 is 1.33 bits per heavy atom. The number of carbonyl (C=O) groups is 1. The highest BCUT2D eigenvalue weighted by Crippen LogP contribution is 2.61. The van der Waals surface area contributed by atoms with Crippen molar-refractivity contribution in [3.8, 4) is 0 Å². The van der Waals surface area contributed by atoms with Gasteiger partial charge < -0.3 is 0 Å². The van der Waals surface area contributed by atoms with Crippen LogP contribution in [-0.4, -0.2) is 6.29 Å². The van der Waals surface area contributed by atoms with Gasteiger partial charge in [-0.15, -0.1) is 0 Å². The molecule has 0 aromatic rings. The van der Waals surface area contributed by atoms with E-state index in [4.69, 9.17) is 0 Å². The number of hydrogen-bond acceptors (Lipinski definition) is 1. The standard InChI is InChI=1S/C20H32O/c1-15(11-14-21)7-9-17-16(2)8-10-18-19(3,4)12-6-13-20(17,18)5/h11,14,17-18H,2,6-10,12-13H2,1,3-5H3/b15-11+/t17-,18?,20+/m0/s1. The highest BCUT2D eigenvalue weighted by molar-refractivity contribution is 5.65.